The zero-order valence-electron chi connectivity index (χ0n) is 12.6. The summed E-state index contributed by atoms with van der Waals surface area (Å²) in [6.45, 7) is 5.99. The zero-order chi connectivity index (χ0) is 15.1. The van der Waals surface area contributed by atoms with E-state index in [2.05, 4.69) is 65.4 Å². The van der Waals surface area contributed by atoms with Crippen LogP contribution < -0.4 is 10.1 Å². The van der Waals surface area contributed by atoms with Crippen molar-refractivity contribution in [3.8, 4) is 5.75 Å². The van der Waals surface area contributed by atoms with Gasteiger partial charge in [-0.25, -0.2) is 0 Å². The molecule has 0 spiro atoms. The third-order valence-electron chi connectivity index (χ3n) is 3.38. The van der Waals surface area contributed by atoms with E-state index in [1.165, 1.54) is 11.1 Å². The average molecular weight is 348 g/mol. The maximum absolute atomic E-state index is 5.88. The van der Waals surface area contributed by atoms with Gasteiger partial charge in [-0.2, -0.15) is 0 Å². The summed E-state index contributed by atoms with van der Waals surface area (Å²) in [5, 5.41) is 3.50. The smallest absolute Gasteiger partial charge is 0.120 e. The number of hydrogen-bond acceptors (Lipinski definition) is 2. The van der Waals surface area contributed by atoms with Gasteiger partial charge in [0.05, 0.1) is 0 Å². The molecule has 0 aliphatic carbocycles. The molecule has 1 N–H and O–H groups in total. The summed E-state index contributed by atoms with van der Waals surface area (Å²) in [5.74, 6) is 0.917. The van der Waals surface area contributed by atoms with Gasteiger partial charge in [0.25, 0.3) is 0 Å². The van der Waals surface area contributed by atoms with Crippen molar-refractivity contribution in [2.75, 3.05) is 6.54 Å². The van der Waals surface area contributed by atoms with E-state index in [4.69, 9.17) is 4.74 Å². The van der Waals surface area contributed by atoms with Gasteiger partial charge in [-0.3, -0.25) is 0 Å². The maximum atomic E-state index is 5.88. The van der Waals surface area contributed by atoms with Gasteiger partial charge >= 0.3 is 0 Å². The summed E-state index contributed by atoms with van der Waals surface area (Å²) in [6.07, 6.45) is 1.14. The van der Waals surface area contributed by atoms with Crippen LogP contribution in [0.4, 0.5) is 0 Å². The van der Waals surface area contributed by atoms with Crippen LogP contribution >= 0.6 is 15.9 Å². The van der Waals surface area contributed by atoms with E-state index in [0.717, 1.165) is 23.2 Å². The monoisotopic (exact) mass is 347 g/mol. The standard InChI is InChI=1S/C18H22BrNO/c1-3-11-20-14(2)16-5-4-6-18(12-16)21-13-15-7-9-17(19)10-8-15/h4-10,12,14,20H,3,11,13H2,1-2H3. The lowest BCUT2D eigenvalue weighted by molar-refractivity contribution is 0.305. The predicted octanol–water partition coefficient (Wildman–Crippen LogP) is 5.09. The van der Waals surface area contributed by atoms with Crippen LogP contribution in [0.25, 0.3) is 0 Å². The minimum atomic E-state index is 0.348. The molecule has 0 aromatic heterocycles. The first-order valence-electron chi connectivity index (χ1n) is 7.39. The molecule has 2 rings (SSSR count). The van der Waals surface area contributed by atoms with E-state index in [9.17, 15) is 0 Å². The molecule has 1 atom stereocenters. The molecule has 2 nitrogen and oxygen atoms in total. The Morgan fingerprint density at radius 1 is 1.14 bits per heavy atom. The zero-order valence-corrected chi connectivity index (χ0v) is 14.2. The molecule has 0 saturated carbocycles. The van der Waals surface area contributed by atoms with E-state index < -0.39 is 0 Å². The van der Waals surface area contributed by atoms with E-state index in [1.807, 2.05) is 18.2 Å². The van der Waals surface area contributed by atoms with Crippen molar-refractivity contribution in [2.24, 2.45) is 0 Å². The van der Waals surface area contributed by atoms with Crippen molar-refractivity contribution >= 4 is 15.9 Å². The van der Waals surface area contributed by atoms with Crippen molar-refractivity contribution < 1.29 is 4.74 Å². The molecule has 0 aliphatic heterocycles. The summed E-state index contributed by atoms with van der Waals surface area (Å²) in [5.41, 5.74) is 2.43. The van der Waals surface area contributed by atoms with Crippen LogP contribution in [0.2, 0.25) is 0 Å². The highest BCUT2D eigenvalue weighted by molar-refractivity contribution is 9.10. The fraction of sp³-hybridized carbons (Fsp3) is 0.333. The highest BCUT2D eigenvalue weighted by Crippen LogP contribution is 2.20. The Morgan fingerprint density at radius 3 is 2.62 bits per heavy atom. The first-order valence-corrected chi connectivity index (χ1v) is 8.19. The Bertz CT molecular complexity index is 553. The van der Waals surface area contributed by atoms with Crippen molar-refractivity contribution in [3.63, 3.8) is 0 Å². The van der Waals surface area contributed by atoms with Crippen LogP contribution in [0.3, 0.4) is 0 Å². The van der Waals surface area contributed by atoms with Gasteiger partial charge in [0.15, 0.2) is 0 Å². The van der Waals surface area contributed by atoms with Crippen LogP contribution in [0, 0.1) is 0 Å². The van der Waals surface area contributed by atoms with Gasteiger partial charge in [-0.05, 0) is 55.3 Å². The number of ether oxygens (including phenoxy) is 1. The molecule has 3 heteroatoms. The van der Waals surface area contributed by atoms with Crippen LogP contribution in [0.1, 0.15) is 37.4 Å². The lowest BCUT2D eigenvalue weighted by Gasteiger charge is -2.15. The Balaban J connectivity index is 1.95. The fourth-order valence-electron chi connectivity index (χ4n) is 2.10. The summed E-state index contributed by atoms with van der Waals surface area (Å²) in [6, 6.07) is 16.9. The van der Waals surface area contributed by atoms with E-state index >= 15 is 0 Å². The molecule has 0 bridgehead atoms. The third-order valence-corrected chi connectivity index (χ3v) is 3.91. The normalized spacial score (nSPS) is 12.1. The number of hydrogen-bond donors (Lipinski definition) is 1. The first kappa shape index (κ1) is 16.1. The molecule has 0 aliphatic rings. The molecule has 0 saturated heterocycles. The quantitative estimate of drug-likeness (QED) is 0.753. The highest BCUT2D eigenvalue weighted by atomic mass is 79.9. The topological polar surface area (TPSA) is 21.3 Å². The fourth-order valence-corrected chi connectivity index (χ4v) is 2.36. The van der Waals surface area contributed by atoms with E-state index in [1.54, 1.807) is 0 Å². The minimum absolute atomic E-state index is 0.348. The molecule has 0 heterocycles. The molecule has 2 aromatic carbocycles. The van der Waals surface area contributed by atoms with E-state index in [0.29, 0.717) is 12.6 Å². The second-order valence-electron chi connectivity index (χ2n) is 5.16. The average Bonchev–Trinajstić information content (AvgIpc) is 2.52. The van der Waals surface area contributed by atoms with Crippen molar-refractivity contribution in [3.05, 3.63) is 64.1 Å². The molecule has 1 unspecified atom stereocenters. The number of halogens is 1. The molecule has 21 heavy (non-hydrogen) atoms. The lowest BCUT2D eigenvalue weighted by Crippen LogP contribution is -2.19. The van der Waals surface area contributed by atoms with Crippen LogP contribution in [0.5, 0.6) is 5.75 Å². The molecular formula is C18H22BrNO. The second kappa shape index (κ2) is 8.20. The lowest BCUT2D eigenvalue weighted by atomic mass is 10.1. The SMILES string of the molecule is CCCNC(C)c1cccc(OCc2ccc(Br)cc2)c1. The Hall–Kier alpha value is -1.32. The second-order valence-corrected chi connectivity index (χ2v) is 6.08. The Labute approximate surface area is 135 Å². The summed E-state index contributed by atoms with van der Waals surface area (Å²) in [7, 11) is 0. The molecular weight excluding hydrogens is 326 g/mol. The van der Waals surface area contributed by atoms with Crippen LogP contribution in [-0.4, -0.2) is 6.54 Å². The predicted molar refractivity (Wildman–Crippen MR) is 91.6 cm³/mol. The molecule has 2 aromatic rings. The number of rotatable bonds is 7. The summed E-state index contributed by atoms with van der Waals surface area (Å²) < 4.78 is 6.97. The van der Waals surface area contributed by atoms with Gasteiger partial charge in [0.1, 0.15) is 12.4 Å². The van der Waals surface area contributed by atoms with Crippen molar-refractivity contribution in [2.45, 2.75) is 32.9 Å². The van der Waals surface area contributed by atoms with Gasteiger partial charge in [-0.15, -0.1) is 0 Å². The number of nitrogens with one attached hydrogen (secondary N) is 1. The highest BCUT2D eigenvalue weighted by Gasteiger charge is 2.05. The van der Waals surface area contributed by atoms with Gasteiger partial charge in [0.2, 0.25) is 0 Å². The Morgan fingerprint density at radius 2 is 1.90 bits per heavy atom. The first-order chi connectivity index (χ1) is 10.2. The molecule has 0 radical (unpaired) electrons. The largest absolute Gasteiger partial charge is 0.489 e. The number of benzene rings is 2. The van der Waals surface area contributed by atoms with Gasteiger partial charge in [0, 0.05) is 10.5 Å². The summed E-state index contributed by atoms with van der Waals surface area (Å²) in [4.78, 5) is 0. The van der Waals surface area contributed by atoms with Crippen LogP contribution in [-0.2, 0) is 6.61 Å². The third kappa shape index (κ3) is 5.18. The van der Waals surface area contributed by atoms with E-state index in [-0.39, 0.29) is 0 Å². The molecule has 0 fully saturated rings. The van der Waals surface area contributed by atoms with Crippen molar-refractivity contribution in [1.29, 1.82) is 0 Å². The molecule has 112 valence electrons. The van der Waals surface area contributed by atoms with Crippen molar-refractivity contribution in [1.82, 2.24) is 5.32 Å². The van der Waals surface area contributed by atoms with Gasteiger partial charge < -0.3 is 10.1 Å². The maximum Gasteiger partial charge on any atom is 0.120 e. The summed E-state index contributed by atoms with van der Waals surface area (Å²) >= 11 is 3.44. The Kier molecular flexibility index (Phi) is 6.27. The molecule has 0 amide bonds. The minimum Gasteiger partial charge on any atom is -0.489 e. The van der Waals surface area contributed by atoms with Crippen LogP contribution in [0.15, 0.2) is 53.0 Å². The van der Waals surface area contributed by atoms with Gasteiger partial charge in [-0.1, -0.05) is 47.1 Å².